The van der Waals surface area contributed by atoms with Gasteiger partial charge < -0.3 is 32.9 Å². The van der Waals surface area contributed by atoms with Crippen LogP contribution in [0.4, 0.5) is 0 Å². The molecule has 0 radical (unpaired) electrons. The smallest absolute Gasteiger partial charge is 0.326 e. The van der Waals surface area contributed by atoms with Gasteiger partial charge in [0.25, 0.3) is 0 Å². The van der Waals surface area contributed by atoms with Crippen molar-refractivity contribution in [2.24, 2.45) is 17.2 Å². The molecule has 0 heterocycles. The minimum Gasteiger partial charge on any atom is -0.480 e. The first-order valence-electron chi connectivity index (χ1n) is 6.89. The first-order valence-corrected chi connectivity index (χ1v) is 6.89. The molecule has 9 heteroatoms. The summed E-state index contributed by atoms with van der Waals surface area (Å²) in [5, 5.41) is 13.9. The topological polar surface area (TPSA) is 174 Å². The maximum Gasteiger partial charge on any atom is 0.326 e. The van der Waals surface area contributed by atoms with E-state index in [0.717, 1.165) is 0 Å². The first kappa shape index (κ1) is 19.3. The van der Waals surface area contributed by atoms with E-state index in [0.29, 0.717) is 32.4 Å². The van der Waals surface area contributed by atoms with Crippen LogP contribution in [0.15, 0.2) is 0 Å². The minimum atomic E-state index is -1.14. The fraction of sp³-hybridized carbons (Fsp3) is 0.750. The Morgan fingerprint density at radius 3 is 1.86 bits per heavy atom. The van der Waals surface area contributed by atoms with Crippen molar-refractivity contribution in [3.63, 3.8) is 0 Å². The first-order chi connectivity index (χ1) is 9.96. The molecule has 2 amide bonds. The Kier molecular flexibility index (Phi) is 10.1. The van der Waals surface area contributed by atoms with Crippen molar-refractivity contribution in [2.45, 2.75) is 37.8 Å². The number of rotatable bonds is 11. The average molecular weight is 303 g/mol. The van der Waals surface area contributed by atoms with Crippen LogP contribution in [0, 0.1) is 0 Å². The molecule has 0 spiro atoms. The van der Waals surface area contributed by atoms with Crippen molar-refractivity contribution in [3.8, 4) is 0 Å². The summed E-state index contributed by atoms with van der Waals surface area (Å²) in [4.78, 5) is 34.5. The Bertz CT molecular complexity index is 351. The van der Waals surface area contributed by atoms with Crippen LogP contribution in [0.1, 0.15) is 25.7 Å². The molecule has 2 atom stereocenters. The van der Waals surface area contributed by atoms with Crippen molar-refractivity contribution in [1.29, 1.82) is 0 Å². The highest BCUT2D eigenvalue weighted by Gasteiger charge is 2.25. The van der Waals surface area contributed by atoms with Crippen molar-refractivity contribution in [3.05, 3.63) is 0 Å². The van der Waals surface area contributed by atoms with Gasteiger partial charge in [0.05, 0.1) is 6.54 Å². The van der Waals surface area contributed by atoms with Gasteiger partial charge in [-0.3, -0.25) is 9.59 Å². The van der Waals surface area contributed by atoms with Crippen molar-refractivity contribution in [2.75, 3.05) is 19.6 Å². The van der Waals surface area contributed by atoms with Crippen LogP contribution in [0.25, 0.3) is 0 Å². The molecule has 0 rings (SSSR count). The van der Waals surface area contributed by atoms with Gasteiger partial charge in [-0.05, 0) is 38.8 Å². The highest BCUT2D eigenvalue weighted by molar-refractivity contribution is 5.90. The zero-order valence-corrected chi connectivity index (χ0v) is 12.0. The molecule has 0 aromatic heterocycles. The van der Waals surface area contributed by atoms with Gasteiger partial charge in [0.15, 0.2) is 0 Å². The standard InChI is InChI=1S/C12H25N5O4/c13-5-1-3-8(16-10(18)7-15)11(19)17-9(12(20)21)4-2-6-14/h8-9H,1-7,13-15H2,(H,16,18)(H,17,19)(H,20,21)/t8-,9-/m0/s1. The van der Waals surface area contributed by atoms with Crippen LogP contribution in [0.3, 0.4) is 0 Å². The normalized spacial score (nSPS) is 13.3. The molecule has 21 heavy (non-hydrogen) atoms. The molecular weight excluding hydrogens is 278 g/mol. The molecule has 0 aliphatic carbocycles. The van der Waals surface area contributed by atoms with Gasteiger partial charge in [-0.1, -0.05) is 0 Å². The van der Waals surface area contributed by atoms with Crippen LogP contribution < -0.4 is 27.8 Å². The van der Waals surface area contributed by atoms with Crippen LogP contribution in [-0.2, 0) is 14.4 Å². The van der Waals surface area contributed by atoms with E-state index in [9.17, 15) is 14.4 Å². The lowest BCUT2D eigenvalue weighted by molar-refractivity contribution is -0.142. The number of carboxylic acids is 1. The van der Waals surface area contributed by atoms with E-state index in [1.165, 1.54) is 0 Å². The summed E-state index contributed by atoms with van der Waals surface area (Å²) in [5.41, 5.74) is 15.9. The Morgan fingerprint density at radius 1 is 0.905 bits per heavy atom. The van der Waals surface area contributed by atoms with Crippen LogP contribution >= 0.6 is 0 Å². The number of nitrogens with two attached hydrogens (primary N) is 3. The second-order valence-electron chi connectivity index (χ2n) is 4.59. The van der Waals surface area contributed by atoms with E-state index in [1.807, 2.05) is 0 Å². The van der Waals surface area contributed by atoms with Gasteiger partial charge >= 0.3 is 5.97 Å². The summed E-state index contributed by atoms with van der Waals surface area (Å²) in [6, 6.07) is -1.87. The van der Waals surface area contributed by atoms with Gasteiger partial charge in [0.2, 0.25) is 11.8 Å². The Hall–Kier alpha value is -1.71. The molecule has 0 aliphatic heterocycles. The molecule has 0 saturated carbocycles. The predicted molar refractivity (Wildman–Crippen MR) is 77.1 cm³/mol. The van der Waals surface area contributed by atoms with Gasteiger partial charge in [0.1, 0.15) is 12.1 Å². The highest BCUT2D eigenvalue weighted by Crippen LogP contribution is 2.01. The summed E-state index contributed by atoms with van der Waals surface area (Å²) < 4.78 is 0. The lowest BCUT2D eigenvalue weighted by Gasteiger charge is -2.21. The molecule has 0 aromatic rings. The molecule has 0 fully saturated rings. The number of hydrogen-bond acceptors (Lipinski definition) is 6. The molecule has 9 nitrogen and oxygen atoms in total. The molecule has 0 aromatic carbocycles. The summed E-state index contributed by atoms with van der Waals surface area (Å²) >= 11 is 0. The Labute approximate surface area is 123 Å². The van der Waals surface area contributed by atoms with Gasteiger partial charge in [-0.15, -0.1) is 0 Å². The van der Waals surface area contributed by atoms with Crippen LogP contribution in [-0.4, -0.2) is 54.6 Å². The van der Waals surface area contributed by atoms with E-state index < -0.39 is 29.9 Å². The van der Waals surface area contributed by atoms with Crippen molar-refractivity contribution in [1.82, 2.24) is 10.6 Å². The zero-order valence-electron chi connectivity index (χ0n) is 12.0. The number of aliphatic carboxylic acids is 1. The lowest BCUT2D eigenvalue weighted by Crippen LogP contribution is -2.52. The minimum absolute atomic E-state index is 0.228. The Balaban J connectivity index is 4.66. The molecular formula is C12H25N5O4. The average Bonchev–Trinajstić information content (AvgIpc) is 2.46. The molecule has 122 valence electrons. The molecule has 0 bridgehead atoms. The molecule has 9 N–H and O–H groups in total. The van der Waals surface area contributed by atoms with E-state index in [1.54, 1.807) is 0 Å². The van der Waals surface area contributed by atoms with Crippen molar-refractivity contribution < 1.29 is 19.5 Å². The largest absolute Gasteiger partial charge is 0.480 e. The third-order valence-electron chi connectivity index (χ3n) is 2.85. The second kappa shape index (κ2) is 11.0. The van der Waals surface area contributed by atoms with Gasteiger partial charge in [-0.2, -0.15) is 0 Å². The summed E-state index contributed by atoms with van der Waals surface area (Å²) in [6.45, 7) is 0.444. The number of carboxylic acid groups (broad SMARTS) is 1. The highest BCUT2D eigenvalue weighted by atomic mass is 16.4. The maximum absolute atomic E-state index is 12.1. The quantitative estimate of drug-likeness (QED) is 0.244. The van der Waals surface area contributed by atoms with Crippen molar-refractivity contribution >= 4 is 17.8 Å². The molecule has 0 unspecified atom stereocenters. The fourth-order valence-electron chi connectivity index (χ4n) is 1.70. The second-order valence-corrected chi connectivity index (χ2v) is 4.59. The number of carbonyl (C=O) groups excluding carboxylic acids is 2. The lowest BCUT2D eigenvalue weighted by atomic mass is 10.1. The number of carbonyl (C=O) groups is 3. The van der Waals surface area contributed by atoms with E-state index >= 15 is 0 Å². The fourth-order valence-corrected chi connectivity index (χ4v) is 1.70. The predicted octanol–water partition coefficient (Wildman–Crippen LogP) is -2.52. The monoisotopic (exact) mass is 303 g/mol. The number of hydrogen-bond donors (Lipinski definition) is 6. The van der Waals surface area contributed by atoms with Gasteiger partial charge in [-0.25, -0.2) is 4.79 Å². The molecule has 0 aliphatic rings. The van der Waals surface area contributed by atoms with Crippen LogP contribution in [0.2, 0.25) is 0 Å². The third kappa shape index (κ3) is 8.23. The SMILES string of the molecule is NCCC[C@H](NC(=O)[C@H](CCCN)NC(=O)CN)C(=O)O. The zero-order chi connectivity index (χ0) is 16.3. The maximum atomic E-state index is 12.1. The third-order valence-corrected chi connectivity index (χ3v) is 2.85. The van der Waals surface area contributed by atoms with Crippen LogP contribution in [0.5, 0.6) is 0 Å². The van der Waals surface area contributed by atoms with E-state index in [4.69, 9.17) is 22.3 Å². The summed E-state index contributed by atoms with van der Waals surface area (Å²) in [5.74, 6) is -2.18. The molecule has 0 saturated heterocycles. The van der Waals surface area contributed by atoms with Gasteiger partial charge in [0, 0.05) is 0 Å². The summed E-state index contributed by atoms with van der Waals surface area (Å²) in [6.07, 6.45) is 1.53. The summed E-state index contributed by atoms with van der Waals surface area (Å²) in [7, 11) is 0. The van der Waals surface area contributed by atoms with E-state index in [-0.39, 0.29) is 13.0 Å². The van der Waals surface area contributed by atoms with E-state index in [2.05, 4.69) is 10.6 Å². The Morgan fingerprint density at radius 2 is 1.43 bits per heavy atom. The number of nitrogens with one attached hydrogen (secondary N) is 2. The number of amides is 2.